The maximum absolute atomic E-state index is 13.2. The predicted octanol–water partition coefficient (Wildman–Crippen LogP) is 7.97. The molecule has 0 atom stereocenters. The normalized spacial score (nSPS) is 12.1. The number of hydrogen-bond donors (Lipinski definition) is 6. The topological polar surface area (TPSA) is 221 Å². The third kappa shape index (κ3) is 11.6. The summed E-state index contributed by atoms with van der Waals surface area (Å²) in [7, 11) is 0. The molecule has 6 N–H and O–H groups in total. The molecule has 0 spiro atoms. The van der Waals surface area contributed by atoms with Crippen LogP contribution in [0.2, 0.25) is 0 Å². The van der Waals surface area contributed by atoms with Crippen molar-refractivity contribution in [1.82, 2.24) is 44.2 Å². The zero-order chi connectivity index (χ0) is 47.4. The van der Waals surface area contributed by atoms with Crippen molar-refractivity contribution in [2.75, 3.05) is 54.0 Å². The number of amides is 4. The van der Waals surface area contributed by atoms with Crippen LogP contribution in [0.1, 0.15) is 65.7 Å². The van der Waals surface area contributed by atoms with Gasteiger partial charge in [-0.1, -0.05) is 42.3 Å². The van der Waals surface area contributed by atoms with Gasteiger partial charge in [0.1, 0.15) is 21.6 Å². The fourth-order valence-corrected chi connectivity index (χ4v) is 8.85. The Morgan fingerprint density at radius 2 is 1.09 bits per heavy atom. The van der Waals surface area contributed by atoms with Crippen LogP contribution in [0.5, 0.6) is 0 Å². The summed E-state index contributed by atoms with van der Waals surface area (Å²) in [6.45, 7) is 7.31. The van der Waals surface area contributed by atoms with Crippen molar-refractivity contribution in [3.05, 3.63) is 143 Å². The van der Waals surface area contributed by atoms with Gasteiger partial charge in [0.25, 0.3) is 23.6 Å². The number of rotatable bonds is 14. The molecule has 0 unspecified atom stereocenters. The second-order valence-electron chi connectivity index (χ2n) is 15.4. The van der Waals surface area contributed by atoms with Gasteiger partial charge in [-0.25, -0.2) is 9.97 Å². The Morgan fingerprint density at radius 3 is 1.57 bits per heavy atom. The van der Waals surface area contributed by atoms with Gasteiger partial charge in [0.15, 0.2) is 0 Å². The number of aromatic nitrogens is 6. The van der Waals surface area contributed by atoms with Crippen molar-refractivity contribution in [2.45, 2.75) is 26.7 Å². The molecule has 1 saturated heterocycles. The molecule has 0 aliphatic carbocycles. The van der Waals surface area contributed by atoms with Gasteiger partial charge in [-0.05, 0) is 124 Å². The van der Waals surface area contributed by atoms with Crippen LogP contribution in [0.3, 0.4) is 0 Å². The van der Waals surface area contributed by atoms with Gasteiger partial charge in [0, 0.05) is 35.6 Å². The maximum Gasteiger partial charge on any atom is 0.260 e. The van der Waals surface area contributed by atoms with Gasteiger partial charge in [-0.3, -0.25) is 29.1 Å². The zero-order valence-electron chi connectivity index (χ0n) is 37.0. The minimum atomic E-state index is -0.353. The minimum absolute atomic E-state index is 0.127. The van der Waals surface area contributed by atoms with Gasteiger partial charge < -0.3 is 36.8 Å². The fraction of sp³-hybridized carbons (Fsp3) is 0.184. The molecule has 1 aliphatic heterocycles. The zero-order valence-corrected chi connectivity index (χ0v) is 38.6. The summed E-state index contributed by atoms with van der Waals surface area (Å²) in [6, 6.07) is 28.7. The summed E-state index contributed by atoms with van der Waals surface area (Å²) in [6.07, 6.45) is 10.9. The number of anilines is 6. The van der Waals surface area contributed by atoms with E-state index in [0.717, 1.165) is 53.2 Å². The standard InChI is InChI=1S/C26H27N7O2S.C23H18N6O2S/c1-17-23(26(36-32-17)31-22-16-28-20-9-2-3-10-21(20)30-22)25(35)29-19-8-6-7-18(15-19)24(34)27-11-14-33-12-4-5-13-33;1-3-11-24-21(30)15-7-6-8-16(12-15)26-22(31)20-14(2)29-32-23(20)28-19-13-25-17-9-4-5-10-18(17)27-19/h2-3,6-10,15-16H,4-5,11-14H2,1H3,(H,27,34)(H,29,35)(H,30,31);1,4-10,12-13H,11H2,2H3,(H,24,30)(H,26,31)(H,27,28). The number of aryl methyl sites for hydroxylation is 2. The number of carbonyl (C=O) groups is 4. The lowest BCUT2D eigenvalue weighted by molar-refractivity contribution is 0.0944. The van der Waals surface area contributed by atoms with Crippen LogP contribution in [-0.2, 0) is 0 Å². The van der Waals surface area contributed by atoms with E-state index in [1.54, 1.807) is 74.8 Å². The molecule has 9 rings (SSSR count). The van der Waals surface area contributed by atoms with Crippen LogP contribution in [0.4, 0.5) is 33.0 Å². The highest BCUT2D eigenvalue weighted by atomic mass is 32.1. The molecular weight excluding hydrogens is 899 g/mol. The van der Waals surface area contributed by atoms with Crippen molar-refractivity contribution in [1.29, 1.82) is 0 Å². The van der Waals surface area contributed by atoms with Crippen molar-refractivity contribution in [3.8, 4) is 12.3 Å². The Bertz CT molecular complexity index is 3180. The molecule has 68 heavy (non-hydrogen) atoms. The highest BCUT2D eigenvalue weighted by Crippen LogP contribution is 2.30. The Kier molecular flexibility index (Phi) is 14.9. The molecule has 342 valence electrons. The third-order valence-corrected chi connectivity index (χ3v) is 12.3. The first-order valence-corrected chi connectivity index (χ1v) is 23.1. The van der Waals surface area contributed by atoms with E-state index in [2.05, 4.69) is 71.4 Å². The summed E-state index contributed by atoms with van der Waals surface area (Å²) in [4.78, 5) is 71.2. The Labute approximate surface area is 399 Å². The van der Waals surface area contributed by atoms with E-state index in [1.807, 2.05) is 48.5 Å². The lowest BCUT2D eigenvalue weighted by Crippen LogP contribution is -2.33. The number of fused-ring (bicyclic) bond motifs is 2. The average Bonchev–Trinajstić information content (AvgIpc) is 4.11. The number of benzene rings is 4. The second kappa shape index (κ2) is 21.9. The molecule has 0 radical (unpaired) electrons. The Hall–Kier alpha value is -8.18. The summed E-state index contributed by atoms with van der Waals surface area (Å²) in [5.41, 5.74) is 6.97. The first-order valence-electron chi connectivity index (χ1n) is 21.6. The van der Waals surface area contributed by atoms with Crippen LogP contribution < -0.4 is 31.9 Å². The average molecular weight is 944 g/mol. The number of likely N-dealkylation sites (tertiary alicyclic amines) is 1. The molecule has 8 aromatic rings. The molecule has 17 nitrogen and oxygen atoms in total. The molecule has 4 aromatic carbocycles. The first-order chi connectivity index (χ1) is 33.1. The number of nitrogens with one attached hydrogen (secondary N) is 6. The summed E-state index contributed by atoms with van der Waals surface area (Å²) in [5.74, 6) is 2.25. The first kappa shape index (κ1) is 46.4. The van der Waals surface area contributed by atoms with Crippen molar-refractivity contribution in [2.24, 2.45) is 0 Å². The van der Waals surface area contributed by atoms with Crippen molar-refractivity contribution in [3.63, 3.8) is 0 Å². The third-order valence-electron chi connectivity index (χ3n) is 10.6. The maximum atomic E-state index is 13.2. The highest BCUT2D eigenvalue weighted by molar-refractivity contribution is 7.11. The van der Waals surface area contributed by atoms with Crippen molar-refractivity contribution < 1.29 is 19.2 Å². The molecule has 4 amide bonds. The molecule has 1 fully saturated rings. The van der Waals surface area contributed by atoms with Crippen LogP contribution in [-0.4, -0.2) is 89.9 Å². The molecule has 1 aliphatic rings. The van der Waals surface area contributed by atoms with E-state index in [-0.39, 0.29) is 30.2 Å². The second-order valence-corrected chi connectivity index (χ2v) is 17.0. The minimum Gasteiger partial charge on any atom is -0.351 e. The number of carbonyl (C=O) groups excluding carboxylic acids is 4. The van der Waals surface area contributed by atoms with Gasteiger partial charge in [-0.15, -0.1) is 6.42 Å². The van der Waals surface area contributed by atoms with Gasteiger partial charge in [0.05, 0.1) is 63.5 Å². The Morgan fingerprint density at radius 1 is 0.618 bits per heavy atom. The molecule has 0 saturated carbocycles. The fourth-order valence-electron chi connectivity index (χ4n) is 7.25. The largest absolute Gasteiger partial charge is 0.351 e. The van der Waals surface area contributed by atoms with Crippen LogP contribution in [0, 0.1) is 26.2 Å². The van der Waals surface area contributed by atoms with E-state index in [1.165, 1.54) is 24.4 Å². The number of para-hydroxylation sites is 4. The molecule has 19 heteroatoms. The van der Waals surface area contributed by atoms with Gasteiger partial charge >= 0.3 is 0 Å². The monoisotopic (exact) mass is 943 g/mol. The van der Waals surface area contributed by atoms with Gasteiger partial charge in [-0.2, -0.15) is 8.75 Å². The molecule has 4 aromatic heterocycles. The molecular formula is C49H45N13O4S2. The summed E-state index contributed by atoms with van der Waals surface area (Å²) >= 11 is 2.34. The number of hydrogen-bond acceptors (Lipinski definition) is 15. The van der Waals surface area contributed by atoms with E-state index >= 15 is 0 Å². The van der Waals surface area contributed by atoms with Gasteiger partial charge in [0.2, 0.25) is 0 Å². The van der Waals surface area contributed by atoms with E-state index in [9.17, 15) is 19.2 Å². The number of terminal acetylenes is 1. The quantitative estimate of drug-likeness (QED) is 0.0571. The summed E-state index contributed by atoms with van der Waals surface area (Å²) < 4.78 is 8.66. The smallest absolute Gasteiger partial charge is 0.260 e. The summed E-state index contributed by atoms with van der Waals surface area (Å²) in [5, 5.41) is 18.7. The van der Waals surface area contributed by atoms with E-state index in [0.29, 0.717) is 73.2 Å². The molecule has 0 bridgehead atoms. The van der Waals surface area contributed by atoms with E-state index < -0.39 is 0 Å². The van der Waals surface area contributed by atoms with E-state index in [4.69, 9.17) is 6.42 Å². The Balaban J connectivity index is 0.000000185. The highest BCUT2D eigenvalue weighted by Gasteiger charge is 2.22. The number of nitrogens with zero attached hydrogens (tertiary/aromatic N) is 7. The van der Waals surface area contributed by atoms with Crippen LogP contribution in [0.15, 0.2) is 109 Å². The lowest BCUT2D eigenvalue weighted by atomic mass is 10.1. The van der Waals surface area contributed by atoms with Crippen LogP contribution >= 0.6 is 23.1 Å². The van der Waals surface area contributed by atoms with Crippen molar-refractivity contribution >= 4 is 102 Å². The predicted molar refractivity (Wildman–Crippen MR) is 267 cm³/mol. The lowest BCUT2D eigenvalue weighted by Gasteiger charge is -2.15. The molecule has 5 heterocycles. The SMILES string of the molecule is C#CCNC(=O)c1cccc(NC(=O)c2c(C)nsc2Nc2cnc3ccccc3n2)c1.Cc1nsc(Nc2cnc3ccccc3n2)c1C(=O)Nc1cccc(C(=O)NCCN2CCCC2)c1. The van der Waals surface area contributed by atoms with Crippen LogP contribution in [0.25, 0.3) is 22.1 Å².